The first-order valence-electron chi connectivity index (χ1n) is 6.81. The lowest BCUT2D eigenvalue weighted by Crippen LogP contribution is -2.31. The average molecular weight is 268 g/mol. The summed E-state index contributed by atoms with van der Waals surface area (Å²) < 4.78 is 0. The van der Waals surface area contributed by atoms with Crippen LogP contribution >= 0.6 is 0 Å². The second-order valence-corrected chi connectivity index (χ2v) is 4.83. The fourth-order valence-corrected chi connectivity index (χ4v) is 2.19. The van der Waals surface area contributed by atoms with Crippen LogP contribution < -0.4 is 5.73 Å². The van der Waals surface area contributed by atoms with Crippen LogP contribution in [0.5, 0.6) is 0 Å². The van der Waals surface area contributed by atoms with Gasteiger partial charge in [0.1, 0.15) is 0 Å². The van der Waals surface area contributed by atoms with Crippen molar-refractivity contribution in [3.63, 3.8) is 0 Å². The van der Waals surface area contributed by atoms with Gasteiger partial charge in [0, 0.05) is 24.3 Å². The van der Waals surface area contributed by atoms with E-state index in [1.807, 2.05) is 67.3 Å². The molecule has 0 saturated carbocycles. The van der Waals surface area contributed by atoms with Gasteiger partial charge in [-0.05, 0) is 37.1 Å². The fraction of sp³-hybridized carbons (Fsp3) is 0.235. The Hall–Kier alpha value is -2.29. The minimum absolute atomic E-state index is 0.0499. The molecule has 0 aromatic heterocycles. The van der Waals surface area contributed by atoms with Gasteiger partial charge >= 0.3 is 0 Å². The van der Waals surface area contributed by atoms with Gasteiger partial charge in [-0.2, -0.15) is 0 Å². The van der Waals surface area contributed by atoms with Crippen LogP contribution in [-0.4, -0.2) is 17.4 Å². The average Bonchev–Trinajstić information content (AvgIpc) is 2.46. The van der Waals surface area contributed by atoms with Crippen molar-refractivity contribution in [2.45, 2.75) is 20.4 Å². The van der Waals surface area contributed by atoms with Crippen molar-refractivity contribution in [3.05, 3.63) is 65.2 Å². The SMILES string of the molecule is CCN(Cc1ccccc1N)C(=O)c1ccccc1C. The standard InChI is InChI=1S/C17H20N2O/c1-3-19(12-14-9-5-7-11-16(14)18)17(20)15-10-6-4-8-13(15)2/h4-11H,3,12,18H2,1-2H3. The van der Waals surface area contributed by atoms with Gasteiger partial charge in [-0.25, -0.2) is 0 Å². The van der Waals surface area contributed by atoms with Crippen molar-refractivity contribution in [3.8, 4) is 0 Å². The molecule has 0 bridgehead atoms. The molecule has 0 aliphatic rings. The number of carbonyl (C=O) groups excluding carboxylic acids is 1. The minimum atomic E-state index is 0.0499. The molecule has 3 heteroatoms. The molecule has 2 aromatic rings. The van der Waals surface area contributed by atoms with Crippen molar-refractivity contribution in [2.24, 2.45) is 0 Å². The summed E-state index contributed by atoms with van der Waals surface area (Å²) in [5, 5.41) is 0. The number of nitrogens with two attached hydrogens (primary N) is 1. The highest BCUT2D eigenvalue weighted by Gasteiger charge is 2.16. The highest BCUT2D eigenvalue weighted by atomic mass is 16.2. The maximum atomic E-state index is 12.6. The number of nitrogen functional groups attached to an aromatic ring is 1. The van der Waals surface area contributed by atoms with Crippen LogP contribution in [0.2, 0.25) is 0 Å². The zero-order valence-electron chi connectivity index (χ0n) is 12.0. The van der Waals surface area contributed by atoms with Gasteiger partial charge in [-0.1, -0.05) is 36.4 Å². The Balaban J connectivity index is 2.23. The van der Waals surface area contributed by atoms with E-state index >= 15 is 0 Å². The summed E-state index contributed by atoms with van der Waals surface area (Å²) in [5.41, 5.74) is 9.41. The summed E-state index contributed by atoms with van der Waals surface area (Å²) in [5.74, 6) is 0.0499. The summed E-state index contributed by atoms with van der Waals surface area (Å²) in [6.07, 6.45) is 0. The van der Waals surface area contributed by atoms with E-state index in [0.29, 0.717) is 13.1 Å². The van der Waals surface area contributed by atoms with Crippen LogP contribution in [0.25, 0.3) is 0 Å². The Morgan fingerprint density at radius 1 is 1.10 bits per heavy atom. The Morgan fingerprint density at radius 3 is 2.40 bits per heavy atom. The number of carbonyl (C=O) groups is 1. The predicted octanol–water partition coefficient (Wildman–Crippen LogP) is 3.24. The zero-order valence-corrected chi connectivity index (χ0v) is 12.0. The molecule has 0 radical (unpaired) electrons. The van der Waals surface area contributed by atoms with Crippen LogP contribution in [0.15, 0.2) is 48.5 Å². The van der Waals surface area contributed by atoms with E-state index in [1.165, 1.54) is 0 Å². The third kappa shape index (κ3) is 2.99. The van der Waals surface area contributed by atoms with E-state index in [2.05, 4.69) is 0 Å². The Kier molecular flexibility index (Phi) is 4.41. The molecule has 20 heavy (non-hydrogen) atoms. The van der Waals surface area contributed by atoms with E-state index in [-0.39, 0.29) is 5.91 Å². The molecule has 0 unspecified atom stereocenters. The third-order valence-electron chi connectivity index (χ3n) is 3.46. The van der Waals surface area contributed by atoms with Crippen LogP contribution in [0, 0.1) is 6.92 Å². The molecular formula is C17H20N2O. The van der Waals surface area contributed by atoms with Gasteiger partial charge in [0.05, 0.1) is 0 Å². The summed E-state index contributed by atoms with van der Waals surface area (Å²) >= 11 is 0. The van der Waals surface area contributed by atoms with Gasteiger partial charge in [-0.3, -0.25) is 4.79 Å². The third-order valence-corrected chi connectivity index (χ3v) is 3.46. The first kappa shape index (κ1) is 14.1. The van der Waals surface area contributed by atoms with Crippen molar-refractivity contribution < 1.29 is 4.79 Å². The van der Waals surface area contributed by atoms with Crippen molar-refractivity contribution in [2.75, 3.05) is 12.3 Å². The zero-order chi connectivity index (χ0) is 14.5. The van der Waals surface area contributed by atoms with E-state index in [1.54, 1.807) is 0 Å². The molecule has 2 rings (SSSR count). The maximum Gasteiger partial charge on any atom is 0.254 e. The molecule has 2 N–H and O–H groups in total. The Morgan fingerprint density at radius 2 is 1.75 bits per heavy atom. The minimum Gasteiger partial charge on any atom is -0.398 e. The van der Waals surface area contributed by atoms with Gasteiger partial charge in [0.2, 0.25) is 0 Å². The van der Waals surface area contributed by atoms with Crippen LogP contribution in [-0.2, 0) is 6.54 Å². The molecule has 0 spiro atoms. The molecule has 1 amide bonds. The summed E-state index contributed by atoms with van der Waals surface area (Å²) in [4.78, 5) is 14.4. The second-order valence-electron chi connectivity index (χ2n) is 4.83. The highest BCUT2D eigenvalue weighted by Crippen LogP contribution is 2.16. The number of hydrogen-bond acceptors (Lipinski definition) is 2. The molecule has 0 fully saturated rings. The molecule has 0 atom stereocenters. The molecule has 0 aliphatic heterocycles. The normalized spacial score (nSPS) is 10.3. The molecule has 2 aromatic carbocycles. The Bertz CT molecular complexity index is 607. The lowest BCUT2D eigenvalue weighted by atomic mass is 10.1. The van der Waals surface area contributed by atoms with E-state index in [0.717, 1.165) is 22.4 Å². The summed E-state index contributed by atoms with van der Waals surface area (Å²) in [7, 11) is 0. The largest absolute Gasteiger partial charge is 0.398 e. The van der Waals surface area contributed by atoms with Crippen LogP contribution in [0.3, 0.4) is 0 Å². The lowest BCUT2D eigenvalue weighted by molar-refractivity contribution is 0.0752. The Labute approximate surface area is 120 Å². The number of nitrogens with zero attached hydrogens (tertiary/aromatic N) is 1. The van der Waals surface area contributed by atoms with Crippen LogP contribution in [0.4, 0.5) is 5.69 Å². The van der Waals surface area contributed by atoms with Crippen LogP contribution in [0.1, 0.15) is 28.4 Å². The fourth-order valence-electron chi connectivity index (χ4n) is 2.19. The van der Waals surface area contributed by atoms with E-state index < -0.39 is 0 Å². The highest BCUT2D eigenvalue weighted by molar-refractivity contribution is 5.95. The van der Waals surface area contributed by atoms with Crippen molar-refractivity contribution >= 4 is 11.6 Å². The van der Waals surface area contributed by atoms with Gasteiger partial charge in [0.15, 0.2) is 0 Å². The lowest BCUT2D eigenvalue weighted by Gasteiger charge is -2.22. The molecular weight excluding hydrogens is 248 g/mol. The number of aryl methyl sites for hydroxylation is 1. The number of amides is 1. The molecule has 104 valence electrons. The summed E-state index contributed by atoms with van der Waals surface area (Å²) in [6.45, 7) is 5.13. The number of para-hydroxylation sites is 1. The first-order chi connectivity index (χ1) is 9.63. The van der Waals surface area contributed by atoms with Crippen molar-refractivity contribution in [1.82, 2.24) is 4.90 Å². The first-order valence-corrected chi connectivity index (χ1v) is 6.81. The van der Waals surface area contributed by atoms with E-state index in [4.69, 9.17) is 5.73 Å². The molecule has 0 aliphatic carbocycles. The monoisotopic (exact) mass is 268 g/mol. The van der Waals surface area contributed by atoms with Gasteiger partial charge < -0.3 is 10.6 Å². The van der Waals surface area contributed by atoms with Gasteiger partial charge in [-0.15, -0.1) is 0 Å². The molecule has 3 nitrogen and oxygen atoms in total. The second kappa shape index (κ2) is 6.24. The quantitative estimate of drug-likeness (QED) is 0.865. The topological polar surface area (TPSA) is 46.3 Å². The molecule has 0 saturated heterocycles. The van der Waals surface area contributed by atoms with E-state index in [9.17, 15) is 4.79 Å². The number of anilines is 1. The number of benzene rings is 2. The number of rotatable bonds is 4. The summed E-state index contributed by atoms with van der Waals surface area (Å²) in [6, 6.07) is 15.3. The smallest absolute Gasteiger partial charge is 0.254 e. The van der Waals surface area contributed by atoms with Gasteiger partial charge in [0.25, 0.3) is 5.91 Å². The maximum absolute atomic E-state index is 12.6. The van der Waals surface area contributed by atoms with Crippen molar-refractivity contribution in [1.29, 1.82) is 0 Å². The number of hydrogen-bond donors (Lipinski definition) is 1. The molecule has 0 heterocycles. The predicted molar refractivity (Wildman–Crippen MR) is 82.4 cm³/mol.